The van der Waals surface area contributed by atoms with E-state index in [-0.39, 0.29) is 0 Å². The van der Waals surface area contributed by atoms with Gasteiger partial charge in [0.2, 0.25) is 0 Å². The Hall–Kier alpha value is -1.31. The molecule has 0 bridgehead atoms. The van der Waals surface area contributed by atoms with Gasteiger partial charge in [-0.15, -0.1) is 0 Å². The predicted octanol–water partition coefficient (Wildman–Crippen LogP) is 1.81. The molecular formula is C12H18N2. The standard InChI is InChI=1S/C12H18N2/c1-5-6-12-11(7-8-13-12)10(4)14-9(2)3/h6-8,13H,5H2,1-4H3/b11-10-,12-6-. The monoisotopic (exact) mass is 190 g/mol. The average molecular weight is 190 g/mol. The molecule has 0 aliphatic heterocycles. The maximum atomic E-state index is 4.46. The van der Waals surface area contributed by atoms with Gasteiger partial charge >= 0.3 is 0 Å². The van der Waals surface area contributed by atoms with Crippen molar-refractivity contribution in [3.63, 3.8) is 0 Å². The van der Waals surface area contributed by atoms with Crippen molar-refractivity contribution in [3.05, 3.63) is 22.8 Å². The highest BCUT2D eigenvalue weighted by Crippen LogP contribution is 1.92. The van der Waals surface area contributed by atoms with Crippen LogP contribution in [0.15, 0.2) is 17.3 Å². The van der Waals surface area contributed by atoms with E-state index in [0.717, 1.165) is 17.8 Å². The Kier molecular flexibility index (Phi) is 3.69. The van der Waals surface area contributed by atoms with Crippen molar-refractivity contribution >= 4 is 17.5 Å². The lowest BCUT2D eigenvalue weighted by Crippen LogP contribution is -2.23. The summed E-state index contributed by atoms with van der Waals surface area (Å²) in [6, 6.07) is 2.07. The smallest absolute Gasteiger partial charge is 0.0465 e. The van der Waals surface area contributed by atoms with Crippen LogP contribution in [0.2, 0.25) is 0 Å². The van der Waals surface area contributed by atoms with Crippen LogP contribution in [0.25, 0.3) is 11.8 Å². The average Bonchev–Trinajstić information content (AvgIpc) is 2.51. The van der Waals surface area contributed by atoms with Gasteiger partial charge in [0.1, 0.15) is 0 Å². The van der Waals surface area contributed by atoms with Crippen LogP contribution in [0.1, 0.15) is 34.1 Å². The van der Waals surface area contributed by atoms with Gasteiger partial charge in [0.15, 0.2) is 0 Å². The molecule has 1 N–H and O–H groups in total. The van der Waals surface area contributed by atoms with Gasteiger partial charge < -0.3 is 4.98 Å². The Morgan fingerprint density at radius 1 is 1.43 bits per heavy atom. The number of hydrogen-bond donors (Lipinski definition) is 1. The van der Waals surface area contributed by atoms with E-state index in [4.69, 9.17) is 0 Å². The van der Waals surface area contributed by atoms with E-state index in [2.05, 4.69) is 29.0 Å². The molecule has 14 heavy (non-hydrogen) atoms. The van der Waals surface area contributed by atoms with Crippen molar-refractivity contribution in [1.29, 1.82) is 0 Å². The topological polar surface area (TPSA) is 28.1 Å². The Morgan fingerprint density at radius 3 is 2.71 bits per heavy atom. The van der Waals surface area contributed by atoms with Crippen molar-refractivity contribution in [1.82, 2.24) is 4.98 Å². The number of aromatic amines is 1. The molecule has 76 valence electrons. The molecule has 0 saturated heterocycles. The zero-order valence-electron chi connectivity index (χ0n) is 9.39. The molecule has 0 aromatic carbocycles. The van der Waals surface area contributed by atoms with Gasteiger partial charge in [-0.2, -0.15) is 0 Å². The van der Waals surface area contributed by atoms with Crippen LogP contribution in [-0.4, -0.2) is 10.7 Å². The largest absolute Gasteiger partial charge is 0.361 e. The maximum absolute atomic E-state index is 4.46. The summed E-state index contributed by atoms with van der Waals surface area (Å²) in [5.41, 5.74) is 2.16. The van der Waals surface area contributed by atoms with Gasteiger partial charge in [0.05, 0.1) is 0 Å². The Morgan fingerprint density at radius 2 is 2.14 bits per heavy atom. The minimum absolute atomic E-state index is 1.04. The third-order valence-corrected chi connectivity index (χ3v) is 1.97. The Bertz CT molecular complexity index is 431. The van der Waals surface area contributed by atoms with E-state index < -0.39 is 0 Å². The molecule has 0 saturated carbocycles. The summed E-state index contributed by atoms with van der Waals surface area (Å²) in [6.07, 6.45) is 5.18. The lowest BCUT2D eigenvalue weighted by molar-refractivity contribution is 1.22. The highest BCUT2D eigenvalue weighted by Gasteiger charge is 1.91. The first kappa shape index (κ1) is 10.8. The first-order valence-corrected chi connectivity index (χ1v) is 5.01. The minimum atomic E-state index is 1.04. The zero-order valence-corrected chi connectivity index (χ0v) is 9.39. The number of nitrogens with zero attached hydrogens (tertiary/aromatic N) is 1. The van der Waals surface area contributed by atoms with Crippen LogP contribution >= 0.6 is 0 Å². The molecule has 1 rings (SSSR count). The molecule has 0 aliphatic carbocycles. The molecule has 1 aromatic rings. The van der Waals surface area contributed by atoms with E-state index in [1.54, 1.807) is 0 Å². The molecule has 0 unspecified atom stereocenters. The van der Waals surface area contributed by atoms with E-state index in [9.17, 15) is 0 Å². The minimum Gasteiger partial charge on any atom is -0.361 e. The third-order valence-electron chi connectivity index (χ3n) is 1.97. The predicted molar refractivity (Wildman–Crippen MR) is 62.7 cm³/mol. The SMILES string of the molecule is CC/C=c1\[nH]cc\c1=C(/C)N=C(C)C. The summed E-state index contributed by atoms with van der Waals surface area (Å²) >= 11 is 0. The van der Waals surface area contributed by atoms with Crippen LogP contribution in [0, 0.1) is 0 Å². The molecule has 2 heteroatoms. The third kappa shape index (κ3) is 2.59. The fourth-order valence-electron chi connectivity index (χ4n) is 1.47. The molecule has 0 radical (unpaired) electrons. The number of nitrogens with one attached hydrogen (secondary N) is 1. The van der Waals surface area contributed by atoms with E-state index >= 15 is 0 Å². The Balaban J connectivity index is 3.37. The van der Waals surface area contributed by atoms with Crippen LogP contribution in [0.5, 0.6) is 0 Å². The summed E-state index contributed by atoms with van der Waals surface area (Å²) in [4.78, 5) is 7.67. The van der Waals surface area contributed by atoms with E-state index in [1.807, 2.05) is 27.0 Å². The summed E-state index contributed by atoms with van der Waals surface area (Å²) in [7, 11) is 0. The zero-order chi connectivity index (χ0) is 10.6. The molecule has 0 atom stereocenters. The molecule has 0 fully saturated rings. The molecule has 0 aliphatic rings. The molecule has 0 spiro atoms. The van der Waals surface area contributed by atoms with Crippen molar-refractivity contribution in [3.8, 4) is 0 Å². The van der Waals surface area contributed by atoms with Crippen molar-refractivity contribution in [2.24, 2.45) is 4.99 Å². The maximum Gasteiger partial charge on any atom is 0.0465 e. The molecular weight excluding hydrogens is 172 g/mol. The lowest BCUT2D eigenvalue weighted by atomic mass is 10.3. The second kappa shape index (κ2) is 4.80. The first-order chi connectivity index (χ1) is 6.65. The van der Waals surface area contributed by atoms with Gasteiger partial charge in [0, 0.05) is 28.2 Å². The Labute approximate surface area is 85.1 Å². The normalized spacial score (nSPS) is 14.1. The fourth-order valence-corrected chi connectivity index (χ4v) is 1.47. The van der Waals surface area contributed by atoms with Gasteiger partial charge in [-0.3, -0.25) is 4.99 Å². The van der Waals surface area contributed by atoms with Gasteiger partial charge in [-0.05, 0) is 33.3 Å². The lowest BCUT2D eigenvalue weighted by Gasteiger charge is -1.92. The second-order valence-electron chi connectivity index (χ2n) is 3.56. The highest BCUT2D eigenvalue weighted by molar-refractivity contribution is 5.82. The van der Waals surface area contributed by atoms with Crippen LogP contribution < -0.4 is 10.6 Å². The number of hydrogen-bond acceptors (Lipinski definition) is 1. The van der Waals surface area contributed by atoms with Crippen molar-refractivity contribution in [2.75, 3.05) is 0 Å². The number of aliphatic imine (C=N–C) groups is 1. The van der Waals surface area contributed by atoms with Crippen LogP contribution in [-0.2, 0) is 0 Å². The highest BCUT2D eigenvalue weighted by atomic mass is 14.7. The number of aromatic nitrogens is 1. The molecule has 0 amide bonds. The summed E-state index contributed by atoms with van der Waals surface area (Å²) in [5.74, 6) is 0. The van der Waals surface area contributed by atoms with Crippen LogP contribution in [0.3, 0.4) is 0 Å². The summed E-state index contributed by atoms with van der Waals surface area (Å²) in [6.45, 7) is 8.20. The quantitative estimate of drug-likeness (QED) is 0.689. The van der Waals surface area contributed by atoms with Crippen molar-refractivity contribution < 1.29 is 0 Å². The summed E-state index contributed by atoms with van der Waals surface area (Å²) in [5, 5.41) is 2.38. The fraction of sp³-hybridized carbons (Fsp3) is 0.417. The van der Waals surface area contributed by atoms with E-state index in [0.29, 0.717) is 0 Å². The summed E-state index contributed by atoms with van der Waals surface area (Å²) < 4.78 is 0. The molecule has 2 nitrogen and oxygen atoms in total. The first-order valence-electron chi connectivity index (χ1n) is 5.01. The van der Waals surface area contributed by atoms with Gasteiger partial charge in [-0.1, -0.05) is 13.0 Å². The number of H-pyrrole nitrogens is 1. The van der Waals surface area contributed by atoms with Gasteiger partial charge in [0.25, 0.3) is 0 Å². The second-order valence-corrected chi connectivity index (χ2v) is 3.56. The van der Waals surface area contributed by atoms with Gasteiger partial charge in [-0.25, -0.2) is 0 Å². The van der Waals surface area contributed by atoms with E-state index in [1.165, 1.54) is 10.6 Å². The molecule has 1 aromatic heterocycles. The van der Waals surface area contributed by atoms with Crippen LogP contribution in [0.4, 0.5) is 0 Å². The molecule has 1 heterocycles. The number of rotatable bonds is 2. The van der Waals surface area contributed by atoms with Crippen molar-refractivity contribution in [2.45, 2.75) is 34.1 Å².